The number of hydrogen-bond acceptors (Lipinski definition) is 4. The van der Waals surface area contributed by atoms with Gasteiger partial charge < -0.3 is 25.0 Å². The fourth-order valence-corrected chi connectivity index (χ4v) is 2.04. The molecule has 0 saturated carbocycles. The third kappa shape index (κ3) is 4.39. The lowest BCUT2D eigenvalue weighted by Crippen LogP contribution is -2.41. The Labute approximate surface area is 120 Å². The maximum Gasteiger partial charge on any atom is 0.171 e. The predicted molar refractivity (Wildman–Crippen MR) is 72.9 cm³/mol. The van der Waals surface area contributed by atoms with Gasteiger partial charge in [0, 0.05) is 0 Å². The second-order valence-electron chi connectivity index (χ2n) is 3.42. The SMILES string of the molecule is C[C@H](NC(=S)Nc1cccc(Cl)c1Cl)P(=O)([O-])[O-]. The van der Waals surface area contributed by atoms with Crippen LogP contribution in [0.25, 0.3) is 0 Å². The predicted octanol–water partition coefficient (Wildman–Crippen LogP) is 1.54. The van der Waals surface area contributed by atoms with Gasteiger partial charge in [0.1, 0.15) is 0 Å². The molecule has 0 spiro atoms. The summed E-state index contributed by atoms with van der Waals surface area (Å²) in [7, 11) is -4.73. The molecule has 1 rings (SSSR count). The van der Waals surface area contributed by atoms with Crippen molar-refractivity contribution in [2.75, 3.05) is 5.32 Å². The summed E-state index contributed by atoms with van der Waals surface area (Å²) in [6.45, 7) is 1.20. The first-order valence-electron chi connectivity index (χ1n) is 4.75. The molecule has 100 valence electrons. The zero-order chi connectivity index (χ0) is 13.9. The molecule has 0 aliphatic carbocycles. The Morgan fingerprint density at radius 2 is 2.06 bits per heavy atom. The van der Waals surface area contributed by atoms with Gasteiger partial charge >= 0.3 is 0 Å². The fourth-order valence-electron chi connectivity index (χ4n) is 1.03. The number of thiocarbonyl (C=S) groups is 1. The largest absolute Gasteiger partial charge is 0.809 e. The van der Waals surface area contributed by atoms with Gasteiger partial charge in [-0.15, -0.1) is 0 Å². The average Bonchev–Trinajstić information content (AvgIpc) is 2.23. The molecule has 18 heavy (non-hydrogen) atoms. The van der Waals surface area contributed by atoms with Crippen LogP contribution in [0.2, 0.25) is 10.0 Å². The smallest absolute Gasteiger partial charge is 0.171 e. The van der Waals surface area contributed by atoms with Crippen molar-refractivity contribution >= 4 is 53.8 Å². The topological polar surface area (TPSA) is 87.2 Å². The van der Waals surface area contributed by atoms with E-state index in [1.54, 1.807) is 18.2 Å². The number of benzene rings is 1. The number of anilines is 1. The average molecular weight is 327 g/mol. The lowest BCUT2D eigenvalue weighted by molar-refractivity contribution is -0.316. The molecule has 1 aromatic carbocycles. The molecule has 0 radical (unpaired) electrons. The summed E-state index contributed by atoms with van der Waals surface area (Å²) in [5.74, 6) is -1.31. The molecule has 0 bridgehead atoms. The van der Waals surface area contributed by atoms with Crippen LogP contribution in [0.4, 0.5) is 5.69 Å². The van der Waals surface area contributed by atoms with Crippen LogP contribution in [0.1, 0.15) is 6.92 Å². The van der Waals surface area contributed by atoms with E-state index >= 15 is 0 Å². The Kier molecular flexibility index (Phi) is 5.40. The Balaban J connectivity index is 2.71. The lowest BCUT2D eigenvalue weighted by Gasteiger charge is -2.36. The summed E-state index contributed by atoms with van der Waals surface area (Å²) in [4.78, 5) is 21.4. The maximum absolute atomic E-state index is 10.7. The summed E-state index contributed by atoms with van der Waals surface area (Å²) in [5.41, 5.74) is 0.417. The van der Waals surface area contributed by atoms with Gasteiger partial charge in [0.2, 0.25) is 0 Å². The van der Waals surface area contributed by atoms with Crippen LogP contribution in [0.5, 0.6) is 0 Å². The van der Waals surface area contributed by atoms with E-state index < -0.39 is 13.4 Å². The van der Waals surface area contributed by atoms with Gasteiger partial charge in [0.15, 0.2) is 5.11 Å². The van der Waals surface area contributed by atoms with E-state index in [9.17, 15) is 14.4 Å². The zero-order valence-corrected chi connectivity index (χ0v) is 12.4. The van der Waals surface area contributed by atoms with Crippen molar-refractivity contribution in [1.29, 1.82) is 0 Å². The van der Waals surface area contributed by atoms with Crippen LogP contribution < -0.4 is 20.4 Å². The van der Waals surface area contributed by atoms with Crippen LogP contribution in [-0.4, -0.2) is 10.9 Å². The van der Waals surface area contributed by atoms with Gasteiger partial charge in [-0.2, -0.15) is 0 Å². The van der Waals surface area contributed by atoms with Crippen LogP contribution in [0.15, 0.2) is 18.2 Å². The van der Waals surface area contributed by atoms with Crippen molar-refractivity contribution in [3.05, 3.63) is 28.2 Å². The summed E-state index contributed by atoms with van der Waals surface area (Å²) in [6, 6.07) is 4.85. The van der Waals surface area contributed by atoms with Crippen molar-refractivity contribution in [1.82, 2.24) is 5.32 Å². The minimum absolute atomic E-state index is 0.0291. The van der Waals surface area contributed by atoms with E-state index in [0.717, 1.165) is 0 Å². The summed E-state index contributed by atoms with van der Waals surface area (Å²) >= 11 is 16.6. The summed E-state index contributed by atoms with van der Waals surface area (Å²) in [5, 5.41) is 5.56. The molecule has 0 heterocycles. The molecule has 0 saturated heterocycles. The molecular weight excluding hydrogens is 318 g/mol. The van der Waals surface area contributed by atoms with Gasteiger partial charge in [-0.05, 0) is 38.9 Å². The molecule has 9 heteroatoms. The number of halogens is 2. The van der Waals surface area contributed by atoms with Gasteiger partial charge in [-0.25, -0.2) is 0 Å². The molecule has 0 aliphatic rings. The van der Waals surface area contributed by atoms with Crippen molar-refractivity contribution in [2.45, 2.75) is 12.7 Å². The first kappa shape index (κ1) is 15.7. The molecule has 0 unspecified atom stereocenters. The first-order chi connectivity index (χ1) is 8.21. The molecule has 0 amide bonds. The van der Waals surface area contributed by atoms with E-state index in [-0.39, 0.29) is 10.1 Å². The summed E-state index contributed by atoms with van der Waals surface area (Å²) < 4.78 is 10.7. The first-order valence-corrected chi connectivity index (χ1v) is 7.52. The lowest BCUT2D eigenvalue weighted by atomic mass is 10.3. The van der Waals surface area contributed by atoms with Crippen LogP contribution >= 0.6 is 43.0 Å². The van der Waals surface area contributed by atoms with Gasteiger partial charge in [0.05, 0.1) is 21.5 Å². The fraction of sp³-hybridized carbons (Fsp3) is 0.222. The van der Waals surface area contributed by atoms with Gasteiger partial charge in [-0.1, -0.05) is 29.3 Å². The zero-order valence-electron chi connectivity index (χ0n) is 9.15. The van der Waals surface area contributed by atoms with E-state index in [1.807, 2.05) is 0 Å². The molecule has 0 fully saturated rings. The standard InChI is InChI=1S/C9H11Cl2N2O3PS/c1-5(17(14,15)16)12-9(18)13-7-4-2-3-6(10)8(7)11/h2-5H,1H3,(H2,12,13,18)(H2,14,15,16)/p-2/t5-/m1/s1. The van der Waals surface area contributed by atoms with E-state index in [4.69, 9.17) is 35.4 Å². The highest BCUT2D eigenvalue weighted by atomic mass is 35.5. The molecule has 0 aromatic heterocycles. The normalized spacial score (nSPS) is 12.9. The van der Waals surface area contributed by atoms with Crippen molar-refractivity contribution < 1.29 is 14.4 Å². The molecule has 1 atom stereocenters. The van der Waals surface area contributed by atoms with Crippen molar-refractivity contribution in [3.63, 3.8) is 0 Å². The van der Waals surface area contributed by atoms with Crippen LogP contribution in [0, 0.1) is 0 Å². The highest BCUT2D eigenvalue weighted by Crippen LogP contribution is 2.30. The molecular formula is C9H9Cl2N2O3PS-2. The monoisotopic (exact) mass is 326 g/mol. The van der Waals surface area contributed by atoms with Crippen molar-refractivity contribution in [2.24, 2.45) is 0 Å². The highest BCUT2D eigenvalue weighted by molar-refractivity contribution is 7.80. The van der Waals surface area contributed by atoms with E-state index in [1.165, 1.54) is 6.92 Å². The maximum atomic E-state index is 10.7. The molecule has 2 N–H and O–H groups in total. The van der Waals surface area contributed by atoms with E-state index in [2.05, 4.69) is 10.6 Å². The minimum atomic E-state index is -4.73. The van der Waals surface area contributed by atoms with Crippen molar-refractivity contribution in [3.8, 4) is 0 Å². The quantitative estimate of drug-likeness (QED) is 0.647. The van der Waals surface area contributed by atoms with E-state index in [0.29, 0.717) is 10.7 Å². The third-order valence-corrected chi connectivity index (χ3v) is 4.13. The van der Waals surface area contributed by atoms with Gasteiger partial charge in [0.25, 0.3) is 0 Å². The van der Waals surface area contributed by atoms with Crippen LogP contribution in [-0.2, 0) is 4.57 Å². The Bertz CT molecular complexity index is 509. The summed E-state index contributed by atoms with van der Waals surface area (Å²) in [6.07, 6.45) is 0. The molecule has 0 aliphatic heterocycles. The Morgan fingerprint density at radius 1 is 1.44 bits per heavy atom. The third-order valence-electron chi connectivity index (χ3n) is 2.01. The number of hydrogen-bond donors (Lipinski definition) is 2. The van der Waals surface area contributed by atoms with Crippen LogP contribution in [0.3, 0.4) is 0 Å². The minimum Gasteiger partial charge on any atom is -0.809 e. The number of rotatable bonds is 3. The Morgan fingerprint density at radius 3 is 2.61 bits per heavy atom. The molecule has 5 nitrogen and oxygen atoms in total. The second-order valence-corrected chi connectivity index (χ2v) is 6.46. The van der Waals surface area contributed by atoms with Gasteiger partial charge in [-0.3, -0.25) is 0 Å². The number of nitrogens with one attached hydrogen (secondary N) is 2. The molecule has 1 aromatic rings. The second kappa shape index (κ2) is 6.19. The highest BCUT2D eigenvalue weighted by Gasteiger charge is 2.10. The Hall–Kier alpha value is -0.360.